The summed E-state index contributed by atoms with van der Waals surface area (Å²) in [5.41, 5.74) is 0. The van der Waals surface area contributed by atoms with Gasteiger partial charge in [0, 0.05) is 11.8 Å². The molecule has 0 N–H and O–H groups in total. The quantitative estimate of drug-likeness (QED) is 0.684. The van der Waals surface area contributed by atoms with Crippen LogP contribution in [0, 0.1) is 17.8 Å². The minimum atomic E-state index is 0.189. The van der Waals surface area contributed by atoms with Crippen molar-refractivity contribution >= 4 is 5.78 Å². The predicted octanol–water partition coefficient (Wildman–Crippen LogP) is 2.73. The number of allylic oxidation sites excluding steroid dienone is 2. The maximum Gasteiger partial charge on any atom is 0.146 e. The molecule has 3 unspecified atom stereocenters. The van der Waals surface area contributed by atoms with Gasteiger partial charge in [-0.05, 0) is 25.2 Å². The highest BCUT2D eigenvalue weighted by Crippen LogP contribution is 2.40. The molecule has 0 spiro atoms. The first-order valence-electron chi connectivity index (χ1n) is 6.68. The molecule has 2 bridgehead atoms. The van der Waals surface area contributed by atoms with Crippen molar-refractivity contribution in [3.05, 3.63) is 12.2 Å². The van der Waals surface area contributed by atoms with E-state index in [1.807, 2.05) is 0 Å². The van der Waals surface area contributed by atoms with Gasteiger partial charge in [-0.25, -0.2) is 0 Å². The summed E-state index contributed by atoms with van der Waals surface area (Å²) in [6.45, 7) is 0.807. The number of carbonyl (C=O) groups excluding carboxylic acids is 1. The molecule has 0 heterocycles. The summed E-state index contributed by atoms with van der Waals surface area (Å²) < 4.78 is 5.98. The maximum absolute atomic E-state index is 11.7. The molecule has 16 heavy (non-hydrogen) atoms. The van der Waals surface area contributed by atoms with Crippen molar-refractivity contribution < 1.29 is 9.53 Å². The summed E-state index contributed by atoms with van der Waals surface area (Å²) in [5, 5.41) is 0. The molecule has 2 fully saturated rings. The van der Waals surface area contributed by atoms with E-state index < -0.39 is 0 Å². The van der Waals surface area contributed by atoms with Crippen LogP contribution in [0.15, 0.2) is 12.2 Å². The van der Waals surface area contributed by atoms with Crippen molar-refractivity contribution in [1.29, 1.82) is 0 Å². The molecular formula is C14H20O2. The molecule has 2 saturated carbocycles. The molecular weight excluding hydrogens is 200 g/mol. The molecule has 3 atom stereocenters. The summed E-state index contributed by atoms with van der Waals surface area (Å²) in [7, 11) is 0. The molecule has 2 nitrogen and oxygen atoms in total. The van der Waals surface area contributed by atoms with Crippen LogP contribution in [0.3, 0.4) is 0 Å². The summed E-state index contributed by atoms with van der Waals surface area (Å²) in [5.74, 6) is 1.33. The van der Waals surface area contributed by atoms with Gasteiger partial charge in [-0.2, -0.15) is 0 Å². The zero-order valence-electron chi connectivity index (χ0n) is 9.73. The predicted molar refractivity (Wildman–Crippen MR) is 62.1 cm³/mol. The van der Waals surface area contributed by atoms with E-state index >= 15 is 0 Å². The fourth-order valence-electron chi connectivity index (χ4n) is 3.41. The van der Waals surface area contributed by atoms with Gasteiger partial charge in [-0.3, -0.25) is 4.79 Å². The van der Waals surface area contributed by atoms with Gasteiger partial charge in [-0.1, -0.05) is 31.4 Å². The number of hydrogen-bond acceptors (Lipinski definition) is 2. The SMILES string of the molecule is O=C1C2C=CC1C(COC1CCCCC1)C2. The van der Waals surface area contributed by atoms with Crippen molar-refractivity contribution in [2.75, 3.05) is 6.61 Å². The average molecular weight is 220 g/mol. The lowest BCUT2D eigenvalue weighted by Crippen LogP contribution is -2.23. The van der Waals surface area contributed by atoms with E-state index in [1.165, 1.54) is 32.1 Å². The lowest BCUT2D eigenvalue weighted by Gasteiger charge is -2.25. The van der Waals surface area contributed by atoms with E-state index in [9.17, 15) is 4.79 Å². The van der Waals surface area contributed by atoms with Crippen molar-refractivity contribution in [2.45, 2.75) is 44.6 Å². The van der Waals surface area contributed by atoms with Gasteiger partial charge in [0.1, 0.15) is 5.78 Å². The van der Waals surface area contributed by atoms with Gasteiger partial charge in [0.2, 0.25) is 0 Å². The van der Waals surface area contributed by atoms with Crippen LogP contribution >= 0.6 is 0 Å². The molecule has 0 aromatic carbocycles. The molecule has 0 aromatic rings. The first-order chi connectivity index (χ1) is 7.84. The van der Waals surface area contributed by atoms with Crippen LogP contribution in [0.4, 0.5) is 0 Å². The molecule has 3 aliphatic rings. The molecule has 0 amide bonds. The van der Waals surface area contributed by atoms with Crippen LogP contribution in [-0.4, -0.2) is 18.5 Å². The molecule has 88 valence electrons. The highest BCUT2D eigenvalue weighted by Gasteiger charge is 2.43. The highest BCUT2D eigenvalue weighted by molar-refractivity contribution is 5.91. The molecule has 3 rings (SSSR count). The second kappa shape index (κ2) is 4.33. The third kappa shape index (κ3) is 1.84. The number of ether oxygens (including phenoxy) is 1. The molecule has 2 heteroatoms. The minimum Gasteiger partial charge on any atom is -0.378 e. The Morgan fingerprint density at radius 2 is 2.00 bits per heavy atom. The van der Waals surface area contributed by atoms with E-state index in [4.69, 9.17) is 4.74 Å². The van der Waals surface area contributed by atoms with Crippen LogP contribution in [-0.2, 0) is 9.53 Å². The number of ketones is 1. The van der Waals surface area contributed by atoms with E-state index in [2.05, 4.69) is 12.2 Å². The Balaban J connectivity index is 1.49. The van der Waals surface area contributed by atoms with Crippen LogP contribution in [0.25, 0.3) is 0 Å². The highest BCUT2D eigenvalue weighted by atomic mass is 16.5. The van der Waals surface area contributed by atoms with Gasteiger partial charge in [0.05, 0.1) is 12.7 Å². The number of rotatable bonds is 3. The third-order valence-electron chi connectivity index (χ3n) is 4.41. The number of carbonyl (C=O) groups is 1. The molecule has 0 saturated heterocycles. The van der Waals surface area contributed by atoms with Gasteiger partial charge in [0.25, 0.3) is 0 Å². The van der Waals surface area contributed by atoms with Crippen molar-refractivity contribution in [1.82, 2.24) is 0 Å². The summed E-state index contributed by atoms with van der Waals surface area (Å²) in [6.07, 6.45) is 12.2. The van der Waals surface area contributed by atoms with Crippen molar-refractivity contribution in [3.63, 3.8) is 0 Å². The van der Waals surface area contributed by atoms with Crippen molar-refractivity contribution in [3.8, 4) is 0 Å². The minimum absolute atomic E-state index is 0.189. The second-order valence-electron chi connectivity index (χ2n) is 5.51. The van der Waals surface area contributed by atoms with Gasteiger partial charge in [0.15, 0.2) is 0 Å². The largest absolute Gasteiger partial charge is 0.378 e. The van der Waals surface area contributed by atoms with Crippen LogP contribution in [0.5, 0.6) is 0 Å². The van der Waals surface area contributed by atoms with Crippen LogP contribution in [0.2, 0.25) is 0 Å². The van der Waals surface area contributed by atoms with E-state index in [0.29, 0.717) is 17.8 Å². The fourth-order valence-corrected chi connectivity index (χ4v) is 3.41. The molecule has 0 aliphatic heterocycles. The molecule has 0 aromatic heterocycles. The Bertz CT molecular complexity index is 302. The second-order valence-corrected chi connectivity index (χ2v) is 5.51. The van der Waals surface area contributed by atoms with E-state index in [1.54, 1.807) is 0 Å². The Kier molecular flexibility index (Phi) is 2.84. The third-order valence-corrected chi connectivity index (χ3v) is 4.41. The lowest BCUT2D eigenvalue weighted by atomic mass is 9.93. The number of Topliss-reactive ketones (excluding diaryl/α,β-unsaturated/α-hetero) is 1. The van der Waals surface area contributed by atoms with Gasteiger partial charge in [-0.15, -0.1) is 0 Å². The lowest BCUT2D eigenvalue weighted by molar-refractivity contribution is -0.121. The maximum atomic E-state index is 11.7. The standard InChI is InChI=1S/C14H20O2/c15-14-10-6-7-13(14)11(8-10)9-16-12-4-2-1-3-5-12/h6-7,10-13H,1-5,8-9H2. The van der Waals surface area contributed by atoms with Crippen molar-refractivity contribution in [2.24, 2.45) is 17.8 Å². The normalized spacial score (nSPS) is 38.5. The van der Waals surface area contributed by atoms with E-state index in [-0.39, 0.29) is 11.8 Å². The Labute approximate surface area is 97.1 Å². The first kappa shape index (κ1) is 10.5. The van der Waals surface area contributed by atoms with Gasteiger partial charge < -0.3 is 4.74 Å². The Morgan fingerprint density at radius 1 is 1.19 bits per heavy atom. The molecule has 3 aliphatic carbocycles. The topological polar surface area (TPSA) is 26.3 Å². The Morgan fingerprint density at radius 3 is 2.62 bits per heavy atom. The summed E-state index contributed by atoms with van der Waals surface area (Å²) in [6, 6.07) is 0. The molecule has 0 radical (unpaired) electrons. The zero-order chi connectivity index (χ0) is 11.0. The van der Waals surface area contributed by atoms with Crippen LogP contribution < -0.4 is 0 Å². The monoisotopic (exact) mass is 220 g/mol. The fraction of sp³-hybridized carbons (Fsp3) is 0.786. The van der Waals surface area contributed by atoms with E-state index in [0.717, 1.165) is 13.0 Å². The van der Waals surface area contributed by atoms with Crippen LogP contribution in [0.1, 0.15) is 38.5 Å². The first-order valence-corrected chi connectivity index (χ1v) is 6.68. The smallest absolute Gasteiger partial charge is 0.146 e. The Hall–Kier alpha value is -0.630. The summed E-state index contributed by atoms with van der Waals surface area (Å²) in [4.78, 5) is 11.7. The average Bonchev–Trinajstić information content (AvgIpc) is 2.84. The van der Waals surface area contributed by atoms with Gasteiger partial charge >= 0.3 is 0 Å². The number of fused-ring (bicyclic) bond motifs is 2. The summed E-state index contributed by atoms with van der Waals surface area (Å²) >= 11 is 0. The number of hydrogen-bond donors (Lipinski definition) is 0. The zero-order valence-corrected chi connectivity index (χ0v) is 9.73.